The van der Waals surface area contributed by atoms with E-state index in [1.54, 1.807) is 27.7 Å². The highest BCUT2D eigenvalue weighted by molar-refractivity contribution is 5.83. The summed E-state index contributed by atoms with van der Waals surface area (Å²) >= 11 is 0. The third-order valence-corrected chi connectivity index (χ3v) is 2.72. The summed E-state index contributed by atoms with van der Waals surface area (Å²) in [6.07, 6.45) is -0.196. The minimum atomic E-state index is -0.916. The quantitative estimate of drug-likeness (QED) is 0.343. The minimum Gasteiger partial charge on any atom is -0.464 e. The highest BCUT2D eigenvalue weighted by atomic mass is 16.6. The Labute approximate surface area is 117 Å². The van der Waals surface area contributed by atoms with Crippen molar-refractivity contribution in [2.75, 3.05) is 13.2 Å². The van der Waals surface area contributed by atoms with Crippen molar-refractivity contribution < 1.29 is 19.1 Å². The molecule has 0 saturated carbocycles. The van der Waals surface area contributed by atoms with Gasteiger partial charge in [-0.25, -0.2) is 9.59 Å². The monoisotopic (exact) mass is 284 g/mol. The number of carbonyl (C=O) groups is 2. The first-order valence-electron chi connectivity index (χ1n) is 6.50. The molecule has 0 radical (unpaired) electrons. The summed E-state index contributed by atoms with van der Waals surface area (Å²) in [6, 6.07) is -1.53. The Balaban J connectivity index is 2.91. The number of likely N-dealkylation sites (tertiary alicyclic amines) is 1. The second-order valence-electron chi connectivity index (χ2n) is 5.43. The molecule has 1 saturated heterocycles. The molecule has 0 spiro atoms. The van der Waals surface area contributed by atoms with Gasteiger partial charge < -0.3 is 9.47 Å². The summed E-state index contributed by atoms with van der Waals surface area (Å²) in [5, 5.41) is 3.57. The number of azide groups is 1. The smallest absolute Gasteiger partial charge is 0.411 e. The molecule has 112 valence electrons. The van der Waals surface area contributed by atoms with E-state index in [4.69, 9.17) is 15.0 Å². The molecule has 8 heteroatoms. The summed E-state index contributed by atoms with van der Waals surface area (Å²) in [6.45, 7) is 7.39. The lowest BCUT2D eigenvalue weighted by atomic mass is 10.1. The fourth-order valence-electron chi connectivity index (χ4n) is 2.00. The second-order valence-corrected chi connectivity index (χ2v) is 5.43. The number of hydrogen-bond donors (Lipinski definition) is 0. The SMILES string of the molecule is CCOC(=O)[C@H]1[C@H](N=[N+]=[N-])CCN1C(=O)OC(C)(C)C. The first-order chi connectivity index (χ1) is 9.30. The average molecular weight is 284 g/mol. The maximum absolute atomic E-state index is 12.1. The van der Waals surface area contributed by atoms with Gasteiger partial charge in [0.15, 0.2) is 0 Å². The van der Waals surface area contributed by atoms with Crippen LogP contribution in [0.15, 0.2) is 5.11 Å². The van der Waals surface area contributed by atoms with Crippen LogP contribution >= 0.6 is 0 Å². The van der Waals surface area contributed by atoms with Gasteiger partial charge in [-0.05, 0) is 39.6 Å². The maximum atomic E-state index is 12.1. The molecule has 0 aromatic heterocycles. The Morgan fingerprint density at radius 3 is 2.60 bits per heavy atom. The predicted octanol–water partition coefficient (Wildman–Crippen LogP) is 2.24. The zero-order chi connectivity index (χ0) is 15.3. The molecule has 0 aliphatic carbocycles. The topological polar surface area (TPSA) is 105 Å². The van der Waals surface area contributed by atoms with Crippen molar-refractivity contribution in [1.29, 1.82) is 0 Å². The van der Waals surface area contributed by atoms with E-state index in [0.717, 1.165) is 0 Å². The molecule has 20 heavy (non-hydrogen) atoms. The predicted molar refractivity (Wildman–Crippen MR) is 70.9 cm³/mol. The summed E-state index contributed by atoms with van der Waals surface area (Å²) in [5.74, 6) is -0.576. The molecular formula is C12H20N4O4. The number of rotatable bonds is 3. The largest absolute Gasteiger partial charge is 0.464 e. The Morgan fingerprint density at radius 1 is 1.45 bits per heavy atom. The Morgan fingerprint density at radius 2 is 2.10 bits per heavy atom. The number of esters is 1. The van der Waals surface area contributed by atoms with E-state index in [2.05, 4.69) is 10.0 Å². The van der Waals surface area contributed by atoms with Gasteiger partial charge >= 0.3 is 12.1 Å². The zero-order valence-corrected chi connectivity index (χ0v) is 12.2. The van der Waals surface area contributed by atoms with Gasteiger partial charge in [0.25, 0.3) is 0 Å². The third-order valence-electron chi connectivity index (χ3n) is 2.72. The van der Waals surface area contributed by atoms with Crippen LogP contribution in [0.1, 0.15) is 34.1 Å². The van der Waals surface area contributed by atoms with Crippen LogP contribution in [0.25, 0.3) is 10.4 Å². The summed E-state index contributed by atoms with van der Waals surface area (Å²) in [4.78, 5) is 28.0. The van der Waals surface area contributed by atoms with E-state index in [9.17, 15) is 9.59 Å². The second kappa shape index (κ2) is 6.47. The Hall–Kier alpha value is -1.95. The van der Waals surface area contributed by atoms with Gasteiger partial charge in [-0.2, -0.15) is 0 Å². The molecule has 2 atom stereocenters. The van der Waals surface area contributed by atoms with Crippen LogP contribution in [0.2, 0.25) is 0 Å². The van der Waals surface area contributed by atoms with Gasteiger partial charge in [-0.1, -0.05) is 5.11 Å². The summed E-state index contributed by atoms with van der Waals surface area (Å²) in [5.41, 5.74) is 7.88. The van der Waals surface area contributed by atoms with E-state index in [1.807, 2.05) is 0 Å². The van der Waals surface area contributed by atoms with Crippen molar-refractivity contribution in [2.24, 2.45) is 5.11 Å². The molecule has 1 aliphatic heterocycles. The van der Waals surface area contributed by atoms with E-state index >= 15 is 0 Å². The van der Waals surface area contributed by atoms with E-state index in [0.29, 0.717) is 13.0 Å². The van der Waals surface area contributed by atoms with Crippen LogP contribution < -0.4 is 0 Å². The zero-order valence-electron chi connectivity index (χ0n) is 12.2. The Bertz CT molecular complexity index is 426. The van der Waals surface area contributed by atoms with Gasteiger partial charge in [0.2, 0.25) is 0 Å². The van der Waals surface area contributed by atoms with Gasteiger partial charge in [-0.3, -0.25) is 4.90 Å². The molecule has 1 aliphatic rings. The molecule has 1 fully saturated rings. The van der Waals surface area contributed by atoms with Crippen molar-refractivity contribution in [1.82, 2.24) is 4.90 Å². The molecule has 0 bridgehead atoms. The van der Waals surface area contributed by atoms with Gasteiger partial charge in [0, 0.05) is 11.5 Å². The van der Waals surface area contributed by atoms with Crippen molar-refractivity contribution in [3.8, 4) is 0 Å². The standard InChI is InChI=1S/C12H20N4O4/c1-5-19-10(17)9-8(14-15-13)6-7-16(9)11(18)20-12(2,3)4/h8-9H,5-7H2,1-4H3/t8-,9-/m1/s1. The maximum Gasteiger partial charge on any atom is 0.411 e. The summed E-state index contributed by atoms with van der Waals surface area (Å²) in [7, 11) is 0. The van der Waals surface area contributed by atoms with Crippen LogP contribution in [-0.2, 0) is 14.3 Å². The fourth-order valence-corrected chi connectivity index (χ4v) is 2.00. The van der Waals surface area contributed by atoms with E-state index in [-0.39, 0.29) is 6.61 Å². The lowest BCUT2D eigenvalue weighted by Gasteiger charge is -2.28. The molecule has 1 amide bonds. The number of ether oxygens (including phenoxy) is 2. The molecule has 0 N–H and O–H groups in total. The molecule has 8 nitrogen and oxygen atoms in total. The van der Waals surface area contributed by atoms with Gasteiger partial charge in [0.05, 0.1) is 12.6 Å². The highest BCUT2D eigenvalue weighted by Crippen LogP contribution is 2.25. The first kappa shape index (κ1) is 16.1. The fraction of sp³-hybridized carbons (Fsp3) is 0.833. The van der Waals surface area contributed by atoms with E-state index in [1.165, 1.54) is 4.90 Å². The van der Waals surface area contributed by atoms with Gasteiger partial charge in [-0.15, -0.1) is 0 Å². The Kier molecular flexibility index (Phi) is 5.21. The molecule has 0 aromatic rings. The van der Waals surface area contributed by atoms with Crippen molar-refractivity contribution in [3.05, 3.63) is 10.4 Å². The van der Waals surface area contributed by atoms with Crippen molar-refractivity contribution in [3.63, 3.8) is 0 Å². The van der Waals surface area contributed by atoms with Crippen molar-refractivity contribution in [2.45, 2.75) is 51.8 Å². The third kappa shape index (κ3) is 4.03. The minimum absolute atomic E-state index is 0.195. The highest BCUT2D eigenvalue weighted by Gasteiger charge is 2.44. The molecule has 0 aromatic carbocycles. The van der Waals surface area contributed by atoms with Crippen LogP contribution in [0.3, 0.4) is 0 Å². The number of amides is 1. The van der Waals surface area contributed by atoms with Gasteiger partial charge in [0.1, 0.15) is 11.6 Å². The lowest BCUT2D eigenvalue weighted by Crippen LogP contribution is -2.47. The molecule has 1 rings (SSSR count). The number of nitrogens with zero attached hydrogens (tertiary/aromatic N) is 4. The molecule has 1 heterocycles. The number of carbonyl (C=O) groups excluding carboxylic acids is 2. The number of hydrogen-bond acceptors (Lipinski definition) is 5. The van der Waals surface area contributed by atoms with E-state index < -0.39 is 29.7 Å². The van der Waals surface area contributed by atoms with Crippen LogP contribution in [-0.4, -0.2) is 47.8 Å². The summed E-state index contributed by atoms with van der Waals surface area (Å²) < 4.78 is 10.2. The average Bonchev–Trinajstić information content (AvgIpc) is 2.71. The molecular weight excluding hydrogens is 264 g/mol. The molecule has 0 unspecified atom stereocenters. The van der Waals surface area contributed by atoms with Crippen LogP contribution in [0.4, 0.5) is 4.79 Å². The van der Waals surface area contributed by atoms with Crippen LogP contribution in [0, 0.1) is 0 Å². The first-order valence-corrected chi connectivity index (χ1v) is 6.50. The van der Waals surface area contributed by atoms with Crippen LogP contribution in [0.5, 0.6) is 0 Å². The van der Waals surface area contributed by atoms with Crippen molar-refractivity contribution >= 4 is 12.1 Å². The lowest BCUT2D eigenvalue weighted by molar-refractivity contribution is -0.148. The normalized spacial score (nSPS) is 22.1.